The molecule has 3 aliphatic carbocycles. The molecule has 0 aromatic carbocycles. The van der Waals surface area contributed by atoms with Gasteiger partial charge in [-0.2, -0.15) is 0 Å². The van der Waals surface area contributed by atoms with Crippen molar-refractivity contribution in [3.63, 3.8) is 0 Å². The standard InChI is InChI=1S/C21H38O2S/c1-6-21-13-11-17-15(2)8-7-12-20(17,3)18(21)10-9-16(14-24(5)22)19(21)23-4/h15-19H,6-14H2,1-5H3/t15-,16+,17+,18-,19+,20+,21-,24?/m0/s1. The Morgan fingerprint density at radius 3 is 2.54 bits per heavy atom. The zero-order chi connectivity index (χ0) is 17.5. The summed E-state index contributed by atoms with van der Waals surface area (Å²) in [6.07, 6.45) is 12.9. The minimum atomic E-state index is -0.722. The molecule has 8 atom stereocenters. The van der Waals surface area contributed by atoms with Crippen LogP contribution in [-0.2, 0) is 15.5 Å². The topological polar surface area (TPSA) is 26.3 Å². The lowest BCUT2D eigenvalue weighted by Gasteiger charge is -2.65. The van der Waals surface area contributed by atoms with Gasteiger partial charge >= 0.3 is 0 Å². The van der Waals surface area contributed by atoms with Crippen molar-refractivity contribution >= 4 is 10.8 Å². The van der Waals surface area contributed by atoms with E-state index >= 15 is 0 Å². The highest BCUT2D eigenvalue weighted by Gasteiger charge is 2.61. The predicted octanol–water partition coefficient (Wildman–Crippen LogP) is 5.04. The Balaban J connectivity index is 1.96. The van der Waals surface area contributed by atoms with Gasteiger partial charge < -0.3 is 4.74 Å². The van der Waals surface area contributed by atoms with E-state index in [9.17, 15) is 4.21 Å². The average molecular weight is 355 g/mol. The molecule has 3 fully saturated rings. The van der Waals surface area contributed by atoms with Gasteiger partial charge in [-0.1, -0.05) is 33.6 Å². The summed E-state index contributed by atoms with van der Waals surface area (Å²) in [7, 11) is 1.19. The van der Waals surface area contributed by atoms with Gasteiger partial charge in [0.25, 0.3) is 0 Å². The number of methoxy groups -OCH3 is 1. The van der Waals surface area contributed by atoms with Crippen LogP contribution in [0.1, 0.15) is 72.1 Å². The Morgan fingerprint density at radius 2 is 1.92 bits per heavy atom. The van der Waals surface area contributed by atoms with Crippen LogP contribution in [0.3, 0.4) is 0 Å². The first-order chi connectivity index (χ1) is 11.4. The van der Waals surface area contributed by atoms with Crippen molar-refractivity contribution in [1.82, 2.24) is 0 Å². The van der Waals surface area contributed by atoms with Crippen molar-refractivity contribution in [2.45, 2.75) is 78.2 Å². The first-order valence-corrected chi connectivity index (χ1v) is 11.9. The zero-order valence-corrected chi connectivity index (χ0v) is 17.3. The monoisotopic (exact) mass is 354 g/mol. The van der Waals surface area contributed by atoms with Crippen molar-refractivity contribution < 1.29 is 8.95 Å². The van der Waals surface area contributed by atoms with Gasteiger partial charge in [-0.05, 0) is 73.0 Å². The molecule has 0 radical (unpaired) electrons. The van der Waals surface area contributed by atoms with Gasteiger partial charge in [0.05, 0.1) is 6.10 Å². The van der Waals surface area contributed by atoms with Crippen molar-refractivity contribution in [2.24, 2.45) is 34.5 Å². The van der Waals surface area contributed by atoms with Crippen LogP contribution in [0.2, 0.25) is 0 Å². The highest BCUT2D eigenvalue weighted by Crippen LogP contribution is 2.67. The van der Waals surface area contributed by atoms with Crippen LogP contribution < -0.4 is 0 Å². The van der Waals surface area contributed by atoms with Crippen LogP contribution in [0.25, 0.3) is 0 Å². The van der Waals surface area contributed by atoms with E-state index in [0.717, 1.165) is 23.5 Å². The molecule has 3 rings (SSSR count). The molecular formula is C21H38O2S. The summed E-state index contributed by atoms with van der Waals surface area (Å²) in [6, 6.07) is 0. The summed E-state index contributed by atoms with van der Waals surface area (Å²) in [5.74, 6) is 3.90. The molecule has 3 heteroatoms. The van der Waals surface area contributed by atoms with Gasteiger partial charge in [0, 0.05) is 29.9 Å². The van der Waals surface area contributed by atoms with Crippen LogP contribution in [-0.4, -0.2) is 29.4 Å². The van der Waals surface area contributed by atoms with Gasteiger partial charge in [0.15, 0.2) is 0 Å². The normalized spacial score (nSPS) is 50.0. The molecule has 1 unspecified atom stereocenters. The van der Waals surface area contributed by atoms with Gasteiger partial charge in [0.2, 0.25) is 0 Å². The lowest BCUT2D eigenvalue weighted by molar-refractivity contribution is -0.197. The minimum absolute atomic E-state index is 0.306. The van der Waals surface area contributed by atoms with Gasteiger partial charge in [-0.3, -0.25) is 4.21 Å². The van der Waals surface area contributed by atoms with Crippen molar-refractivity contribution in [3.05, 3.63) is 0 Å². The Kier molecular flexibility index (Phi) is 5.53. The maximum Gasteiger partial charge on any atom is 0.0667 e. The average Bonchev–Trinajstić information content (AvgIpc) is 2.53. The molecular weight excluding hydrogens is 316 g/mol. The van der Waals surface area contributed by atoms with Crippen LogP contribution in [0.15, 0.2) is 0 Å². The van der Waals surface area contributed by atoms with Gasteiger partial charge in [-0.25, -0.2) is 0 Å². The minimum Gasteiger partial charge on any atom is -0.381 e. The van der Waals surface area contributed by atoms with Gasteiger partial charge in [-0.15, -0.1) is 0 Å². The van der Waals surface area contributed by atoms with Crippen LogP contribution in [0, 0.1) is 34.5 Å². The maximum absolute atomic E-state index is 11.9. The molecule has 24 heavy (non-hydrogen) atoms. The lowest BCUT2D eigenvalue weighted by Crippen LogP contribution is -2.61. The molecule has 0 bridgehead atoms. The Labute approximate surface area is 152 Å². The molecule has 3 saturated carbocycles. The number of fused-ring (bicyclic) bond motifs is 3. The fourth-order valence-corrected chi connectivity index (χ4v) is 8.57. The van der Waals surface area contributed by atoms with E-state index < -0.39 is 10.8 Å². The highest BCUT2D eigenvalue weighted by molar-refractivity contribution is 7.84. The quantitative estimate of drug-likeness (QED) is 0.707. The van der Waals surface area contributed by atoms with Crippen LogP contribution in [0.4, 0.5) is 0 Å². The summed E-state index contributed by atoms with van der Waals surface area (Å²) in [6.45, 7) is 7.51. The third-order valence-electron chi connectivity index (χ3n) is 8.50. The predicted molar refractivity (Wildman–Crippen MR) is 103 cm³/mol. The Morgan fingerprint density at radius 1 is 1.17 bits per heavy atom. The third kappa shape index (κ3) is 2.82. The second-order valence-corrected chi connectivity index (χ2v) is 10.9. The molecule has 0 aliphatic heterocycles. The van der Waals surface area contributed by atoms with E-state index in [4.69, 9.17) is 4.74 Å². The highest BCUT2D eigenvalue weighted by atomic mass is 32.2. The lowest BCUT2D eigenvalue weighted by atomic mass is 9.41. The zero-order valence-electron chi connectivity index (χ0n) is 16.5. The maximum atomic E-state index is 11.9. The molecule has 0 aromatic heterocycles. The second kappa shape index (κ2) is 7.02. The van der Waals surface area contributed by atoms with E-state index in [0.29, 0.717) is 22.9 Å². The van der Waals surface area contributed by atoms with Gasteiger partial charge in [0.1, 0.15) is 0 Å². The third-order valence-corrected chi connectivity index (χ3v) is 9.40. The molecule has 0 heterocycles. The largest absolute Gasteiger partial charge is 0.381 e. The van der Waals surface area contributed by atoms with E-state index in [1.54, 1.807) is 0 Å². The van der Waals surface area contributed by atoms with Crippen molar-refractivity contribution in [2.75, 3.05) is 19.1 Å². The van der Waals surface area contributed by atoms with E-state index in [-0.39, 0.29) is 0 Å². The summed E-state index contributed by atoms with van der Waals surface area (Å²) in [5.41, 5.74) is 0.818. The summed E-state index contributed by atoms with van der Waals surface area (Å²) in [4.78, 5) is 0. The van der Waals surface area contributed by atoms with Crippen LogP contribution >= 0.6 is 0 Å². The SMILES string of the molecule is CC[C@]12CC[C@@H]3[C@@H](C)CCC[C@@]3(C)[C@@H]1CC[C@H](CS(C)=O)[C@H]2OC. The molecule has 0 amide bonds. The van der Waals surface area contributed by atoms with E-state index in [1.165, 1.54) is 51.4 Å². The molecule has 140 valence electrons. The second-order valence-electron chi connectivity index (χ2n) is 9.39. The molecule has 0 spiro atoms. The van der Waals surface area contributed by atoms with E-state index in [1.807, 2.05) is 13.4 Å². The van der Waals surface area contributed by atoms with Crippen molar-refractivity contribution in [1.29, 1.82) is 0 Å². The molecule has 0 aromatic rings. The summed E-state index contributed by atoms with van der Waals surface area (Å²) in [5, 5.41) is 0. The molecule has 2 nitrogen and oxygen atoms in total. The number of hydrogen-bond acceptors (Lipinski definition) is 2. The first-order valence-electron chi connectivity index (χ1n) is 10.2. The number of hydrogen-bond donors (Lipinski definition) is 0. The van der Waals surface area contributed by atoms with E-state index in [2.05, 4.69) is 20.8 Å². The fraction of sp³-hybridized carbons (Fsp3) is 1.00. The molecule has 0 N–H and O–H groups in total. The van der Waals surface area contributed by atoms with Crippen LogP contribution in [0.5, 0.6) is 0 Å². The Hall–Kier alpha value is 0.110. The number of rotatable bonds is 4. The number of ether oxygens (including phenoxy) is 1. The molecule has 3 aliphatic rings. The Bertz CT molecular complexity index is 478. The smallest absolute Gasteiger partial charge is 0.0667 e. The fourth-order valence-electron chi connectivity index (χ4n) is 7.63. The summed E-state index contributed by atoms with van der Waals surface area (Å²) >= 11 is 0. The van der Waals surface area contributed by atoms with Crippen molar-refractivity contribution in [3.8, 4) is 0 Å². The first kappa shape index (κ1) is 18.9. The summed E-state index contributed by atoms with van der Waals surface area (Å²) < 4.78 is 18.1. The molecule has 0 saturated heterocycles.